The fraction of sp³-hybridized carbons (Fsp3) is 0.481. The summed E-state index contributed by atoms with van der Waals surface area (Å²) in [7, 11) is 0. The van der Waals surface area contributed by atoms with E-state index in [-0.39, 0.29) is 12.1 Å². The molecule has 1 aliphatic carbocycles. The van der Waals surface area contributed by atoms with Crippen molar-refractivity contribution in [1.82, 2.24) is 24.9 Å². The minimum Gasteiger partial charge on any atom is -0.336 e. The molecule has 180 valence electrons. The Morgan fingerprint density at radius 3 is 2.59 bits per heavy atom. The Morgan fingerprint density at radius 1 is 1.12 bits per heavy atom. The molecule has 1 atom stereocenters. The maximum Gasteiger partial charge on any atom is 0.262 e. The standard InChI is InChI=1S/C27H35N5OS/c1-4-13-30-14-16-31(17-15-30)24(5-2)28-27(33)23-18-20-11-12-22-25(26(20)34-23)19(3)29-32(22)21-9-7-6-8-10-21/h6-10,18,24H,4-5,11-17H2,1-3H3,(H,28,33). The van der Waals surface area contributed by atoms with Gasteiger partial charge in [-0.1, -0.05) is 32.0 Å². The van der Waals surface area contributed by atoms with Gasteiger partial charge in [0.1, 0.15) is 0 Å². The van der Waals surface area contributed by atoms with Gasteiger partial charge in [0.15, 0.2) is 0 Å². The Hall–Kier alpha value is -2.48. The highest BCUT2D eigenvalue weighted by Gasteiger charge is 2.29. The third-order valence-corrected chi connectivity index (χ3v) is 8.31. The maximum absolute atomic E-state index is 13.3. The van der Waals surface area contributed by atoms with Crippen LogP contribution in [0.25, 0.3) is 16.1 Å². The second-order valence-electron chi connectivity index (χ2n) is 9.39. The van der Waals surface area contributed by atoms with Crippen LogP contribution in [0.4, 0.5) is 0 Å². The van der Waals surface area contributed by atoms with Crippen LogP contribution in [-0.2, 0) is 12.8 Å². The first-order valence-corrected chi connectivity index (χ1v) is 13.4. The van der Waals surface area contributed by atoms with Gasteiger partial charge in [0, 0.05) is 36.6 Å². The average molecular weight is 478 g/mol. The number of fused-ring (bicyclic) bond motifs is 3. The van der Waals surface area contributed by atoms with Crippen molar-refractivity contribution < 1.29 is 4.79 Å². The summed E-state index contributed by atoms with van der Waals surface area (Å²) in [6.07, 6.45) is 4.09. The van der Waals surface area contributed by atoms with Crippen LogP contribution in [0.2, 0.25) is 0 Å². The highest BCUT2D eigenvalue weighted by Crippen LogP contribution is 2.42. The highest BCUT2D eigenvalue weighted by atomic mass is 32.1. The Bertz CT molecular complexity index is 1140. The monoisotopic (exact) mass is 477 g/mol. The Kier molecular flexibility index (Phi) is 6.86. The minimum atomic E-state index is 0.0527. The predicted molar refractivity (Wildman–Crippen MR) is 139 cm³/mol. The van der Waals surface area contributed by atoms with Gasteiger partial charge in [-0.15, -0.1) is 11.3 Å². The predicted octanol–water partition coefficient (Wildman–Crippen LogP) is 4.50. The molecule has 0 saturated carbocycles. The molecule has 3 heterocycles. The van der Waals surface area contributed by atoms with Crippen molar-refractivity contribution in [2.75, 3.05) is 32.7 Å². The van der Waals surface area contributed by atoms with Crippen LogP contribution in [0.5, 0.6) is 0 Å². The van der Waals surface area contributed by atoms with Gasteiger partial charge >= 0.3 is 0 Å². The van der Waals surface area contributed by atoms with Crippen LogP contribution in [-0.4, -0.2) is 64.4 Å². The number of piperazine rings is 1. The first-order valence-electron chi connectivity index (χ1n) is 12.6. The van der Waals surface area contributed by atoms with Gasteiger partial charge in [0.05, 0.1) is 28.1 Å². The van der Waals surface area contributed by atoms with E-state index in [0.29, 0.717) is 0 Å². The molecule has 1 amide bonds. The molecule has 0 spiro atoms. The molecule has 1 N–H and O–H groups in total. The zero-order chi connectivity index (χ0) is 23.7. The Labute approximate surface area is 206 Å². The van der Waals surface area contributed by atoms with Crippen LogP contribution in [0.1, 0.15) is 53.3 Å². The van der Waals surface area contributed by atoms with Crippen LogP contribution in [0, 0.1) is 6.92 Å². The summed E-state index contributed by atoms with van der Waals surface area (Å²) in [6, 6.07) is 12.4. The van der Waals surface area contributed by atoms with Crippen molar-refractivity contribution in [2.24, 2.45) is 0 Å². The van der Waals surface area contributed by atoms with Crippen LogP contribution >= 0.6 is 11.3 Å². The maximum atomic E-state index is 13.3. The number of carbonyl (C=O) groups excluding carboxylic acids is 1. The number of benzene rings is 1. The van der Waals surface area contributed by atoms with Crippen molar-refractivity contribution in [3.63, 3.8) is 0 Å². The van der Waals surface area contributed by atoms with E-state index >= 15 is 0 Å². The van der Waals surface area contributed by atoms with Gasteiger partial charge in [0.25, 0.3) is 5.91 Å². The highest BCUT2D eigenvalue weighted by molar-refractivity contribution is 7.17. The fourth-order valence-corrected chi connectivity index (χ4v) is 6.60. The number of aryl methyl sites for hydroxylation is 2. The summed E-state index contributed by atoms with van der Waals surface area (Å²) in [6.45, 7) is 11.8. The SMILES string of the molecule is CCCN1CCN(C(CC)NC(=O)c2cc3c(s2)-c2c(C)nn(-c4ccccc4)c2CC3)CC1. The molecule has 1 aromatic carbocycles. The van der Waals surface area contributed by atoms with Crippen molar-refractivity contribution >= 4 is 17.2 Å². The number of thiophene rings is 1. The van der Waals surface area contributed by atoms with E-state index in [1.165, 1.54) is 34.7 Å². The molecule has 34 heavy (non-hydrogen) atoms. The first kappa shape index (κ1) is 23.3. The summed E-state index contributed by atoms with van der Waals surface area (Å²) < 4.78 is 2.08. The summed E-state index contributed by atoms with van der Waals surface area (Å²) in [5.41, 5.74) is 5.87. The summed E-state index contributed by atoms with van der Waals surface area (Å²) in [5.74, 6) is 0.0527. The molecular formula is C27H35N5OS. The van der Waals surface area contributed by atoms with E-state index in [1.807, 2.05) is 18.2 Å². The van der Waals surface area contributed by atoms with E-state index in [4.69, 9.17) is 5.10 Å². The lowest BCUT2D eigenvalue weighted by atomic mass is 9.95. The zero-order valence-corrected chi connectivity index (χ0v) is 21.3. The topological polar surface area (TPSA) is 53.4 Å². The van der Waals surface area contributed by atoms with Gasteiger partial charge in [-0.2, -0.15) is 5.10 Å². The molecule has 1 saturated heterocycles. The largest absolute Gasteiger partial charge is 0.336 e. The second kappa shape index (κ2) is 10.0. The number of amides is 1. The van der Waals surface area contributed by atoms with E-state index in [2.05, 4.69) is 58.8 Å². The fourth-order valence-electron chi connectivity index (χ4n) is 5.36. The van der Waals surface area contributed by atoms with Crippen LogP contribution in [0.3, 0.4) is 0 Å². The summed E-state index contributed by atoms with van der Waals surface area (Å²) >= 11 is 1.62. The van der Waals surface area contributed by atoms with E-state index in [1.54, 1.807) is 11.3 Å². The Morgan fingerprint density at radius 2 is 1.88 bits per heavy atom. The lowest BCUT2D eigenvalue weighted by molar-refractivity contribution is 0.0659. The molecule has 0 radical (unpaired) electrons. The molecule has 0 bridgehead atoms. The number of rotatable bonds is 7. The van der Waals surface area contributed by atoms with Crippen molar-refractivity contribution in [1.29, 1.82) is 0 Å². The smallest absolute Gasteiger partial charge is 0.262 e. The number of carbonyl (C=O) groups is 1. The van der Waals surface area contributed by atoms with E-state index in [9.17, 15) is 4.79 Å². The van der Waals surface area contributed by atoms with Crippen LogP contribution in [0.15, 0.2) is 36.4 Å². The summed E-state index contributed by atoms with van der Waals surface area (Å²) in [4.78, 5) is 20.3. The molecular weight excluding hydrogens is 442 g/mol. The number of nitrogens with one attached hydrogen (secondary N) is 1. The molecule has 2 aromatic heterocycles. The van der Waals surface area contributed by atoms with Crippen molar-refractivity contribution in [2.45, 2.75) is 52.6 Å². The van der Waals surface area contributed by atoms with E-state index in [0.717, 1.165) is 61.7 Å². The number of para-hydroxylation sites is 1. The van der Waals surface area contributed by atoms with Gasteiger partial charge in [-0.05, 0) is 62.9 Å². The van der Waals surface area contributed by atoms with Crippen molar-refractivity contribution in [3.8, 4) is 16.1 Å². The quantitative estimate of drug-likeness (QED) is 0.544. The van der Waals surface area contributed by atoms with Gasteiger partial charge in [-0.3, -0.25) is 9.69 Å². The third kappa shape index (κ3) is 4.44. The van der Waals surface area contributed by atoms with Crippen molar-refractivity contribution in [3.05, 3.63) is 58.2 Å². The normalized spacial score (nSPS) is 17.3. The number of nitrogens with zero attached hydrogens (tertiary/aromatic N) is 4. The average Bonchev–Trinajstić information content (AvgIpc) is 3.45. The molecule has 3 aromatic rings. The molecule has 6 nitrogen and oxygen atoms in total. The Balaban J connectivity index is 1.34. The van der Waals surface area contributed by atoms with Crippen LogP contribution < -0.4 is 5.32 Å². The molecule has 1 unspecified atom stereocenters. The van der Waals surface area contributed by atoms with Gasteiger partial charge in [0.2, 0.25) is 0 Å². The number of hydrogen-bond donors (Lipinski definition) is 1. The lowest BCUT2D eigenvalue weighted by Gasteiger charge is -2.39. The molecule has 1 fully saturated rings. The van der Waals surface area contributed by atoms with Gasteiger partial charge < -0.3 is 10.2 Å². The second-order valence-corrected chi connectivity index (χ2v) is 10.4. The lowest BCUT2D eigenvalue weighted by Crippen LogP contribution is -2.55. The van der Waals surface area contributed by atoms with Gasteiger partial charge in [-0.25, -0.2) is 4.68 Å². The molecule has 2 aliphatic rings. The molecule has 7 heteroatoms. The molecule has 1 aliphatic heterocycles. The summed E-state index contributed by atoms with van der Waals surface area (Å²) in [5, 5.41) is 8.21. The molecule has 5 rings (SSSR count). The zero-order valence-electron chi connectivity index (χ0n) is 20.5. The third-order valence-electron chi connectivity index (χ3n) is 7.12. The van der Waals surface area contributed by atoms with E-state index < -0.39 is 0 Å². The number of aromatic nitrogens is 2. The minimum absolute atomic E-state index is 0.0527. The number of hydrogen-bond acceptors (Lipinski definition) is 5. The first-order chi connectivity index (χ1) is 16.6.